The lowest BCUT2D eigenvalue weighted by atomic mass is 10.1. The predicted octanol–water partition coefficient (Wildman–Crippen LogP) is 7.53. The first-order chi connectivity index (χ1) is 24.9. The third-order valence-electron chi connectivity index (χ3n) is 9.28. The Hall–Kier alpha value is -4.66. The molecule has 5 aromatic carbocycles. The second kappa shape index (κ2) is 15.0. The molecule has 0 aliphatic carbocycles. The summed E-state index contributed by atoms with van der Waals surface area (Å²) in [6.07, 6.45) is -0.0287. The van der Waals surface area contributed by atoms with Crippen LogP contribution in [-0.2, 0) is 21.3 Å². The molecule has 0 saturated carbocycles. The molecule has 12 heteroatoms. The van der Waals surface area contributed by atoms with Gasteiger partial charge in [0.2, 0.25) is 0 Å². The van der Waals surface area contributed by atoms with Crippen molar-refractivity contribution < 1.29 is 39.4 Å². The molecule has 5 aromatic rings. The Kier molecular flexibility index (Phi) is 11.2. The maximum atomic E-state index is 13.9. The highest BCUT2D eigenvalue weighted by molar-refractivity contribution is 7.88. The molecule has 0 heterocycles. The van der Waals surface area contributed by atoms with Crippen LogP contribution in [0.1, 0.15) is 47.1 Å². The number of halogens is 3. The van der Waals surface area contributed by atoms with Gasteiger partial charge in [-0.25, -0.2) is 0 Å². The average molecular weight is 777 g/mol. The van der Waals surface area contributed by atoms with Crippen LogP contribution in [0.3, 0.4) is 0 Å². The highest BCUT2D eigenvalue weighted by Crippen LogP contribution is 2.45. The SMILES string of the molecule is CC(C)(C)[Si](Oc1cc(O[Si](c2ccccc2)(c2ccccc2)C(C)(C)C)c(CC=O)c(OS(=O)(=O)C(F)(F)F)c1)(c1ccccc1)c1ccccc1. The normalized spacial score (nSPS) is 12.9. The molecule has 0 aliphatic heterocycles. The summed E-state index contributed by atoms with van der Waals surface area (Å²) in [6.45, 7) is 12.2. The molecule has 0 radical (unpaired) electrons. The molecule has 0 unspecified atom stereocenters. The second-order valence-electron chi connectivity index (χ2n) is 14.8. The summed E-state index contributed by atoms with van der Waals surface area (Å²) in [5, 5.41) is 2.25. The van der Waals surface area contributed by atoms with Crippen molar-refractivity contribution in [2.75, 3.05) is 0 Å². The van der Waals surface area contributed by atoms with E-state index in [-0.39, 0.29) is 17.1 Å². The van der Waals surface area contributed by atoms with Gasteiger partial charge in [0.25, 0.3) is 0 Å². The molecule has 0 N–H and O–H groups in total. The van der Waals surface area contributed by atoms with Crippen molar-refractivity contribution in [2.24, 2.45) is 0 Å². The van der Waals surface area contributed by atoms with Crippen LogP contribution < -0.4 is 33.8 Å². The Labute approximate surface area is 312 Å². The fourth-order valence-corrected chi connectivity index (χ4v) is 16.2. The quantitative estimate of drug-likeness (QED) is 0.0565. The van der Waals surface area contributed by atoms with Crippen LogP contribution in [-0.4, -0.2) is 36.8 Å². The number of rotatable bonds is 12. The Morgan fingerprint density at radius 2 is 0.906 bits per heavy atom. The fraction of sp³-hybridized carbons (Fsp3) is 0.244. The van der Waals surface area contributed by atoms with E-state index >= 15 is 0 Å². The fourth-order valence-electron chi connectivity index (χ4n) is 6.91. The van der Waals surface area contributed by atoms with Gasteiger partial charge in [-0.1, -0.05) is 163 Å². The summed E-state index contributed by atoms with van der Waals surface area (Å²) in [7, 11) is -13.1. The van der Waals surface area contributed by atoms with Crippen molar-refractivity contribution in [1.29, 1.82) is 0 Å². The van der Waals surface area contributed by atoms with Crippen LogP contribution >= 0.6 is 0 Å². The van der Waals surface area contributed by atoms with E-state index in [1.807, 2.05) is 163 Å². The van der Waals surface area contributed by atoms with E-state index in [1.165, 1.54) is 0 Å². The van der Waals surface area contributed by atoms with Crippen molar-refractivity contribution in [3.8, 4) is 17.2 Å². The number of carbonyl (C=O) groups excluding carboxylic acids is 1. The minimum absolute atomic E-state index is 0.0193. The lowest BCUT2D eigenvalue weighted by Crippen LogP contribution is -2.69. The number of alkyl halides is 3. The van der Waals surface area contributed by atoms with Gasteiger partial charge in [-0.2, -0.15) is 21.6 Å². The van der Waals surface area contributed by atoms with E-state index in [0.29, 0.717) is 6.29 Å². The number of hydrogen-bond donors (Lipinski definition) is 0. The maximum absolute atomic E-state index is 13.9. The van der Waals surface area contributed by atoms with Crippen LogP contribution in [0.2, 0.25) is 10.1 Å². The van der Waals surface area contributed by atoms with Crippen LogP contribution in [0, 0.1) is 0 Å². The number of carbonyl (C=O) groups is 1. The third kappa shape index (κ3) is 7.71. The molecular weight excluding hydrogens is 734 g/mol. The topological polar surface area (TPSA) is 78.9 Å². The zero-order valence-electron chi connectivity index (χ0n) is 30.5. The molecule has 0 saturated heterocycles. The molecule has 0 spiro atoms. The minimum atomic E-state index is -6.18. The van der Waals surface area contributed by atoms with Gasteiger partial charge in [0, 0.05) is 24.1 Å². The van der Waals surface area contributed by atoms with Crippen molar-refractivity contribution in [3.05, 3.63) is 139 Å². The van der Waals surface area contributed by atoms with Crippen molar-refractivity contribution in [1.82, 2.24) is 0 Å². The van der Waals surface area contributed by atoms with Gasteiger partial charge in [-0.05, 0) is 30.8 Å². The smallest absolute Gasteiger partial charge is 0.534 e. The van der Waals surface area contributed by atoms with Gasteiger partial charge in [0.15, 0.2) is 5.75 Å². The molecule has 278 valence electrons. The molecule has 5 rings (SSSR count). The van der Waals surface area contributed by atoms with Crippen LogP contribution in [0.15, 0.2) is 133 Å². The van der Waals surface area contributed by atoms with E-state index in [4.69, 9.17) is 13.0 Å². The van der Waals surface area contributed by atoms with Gasteiger partial charge >= 0.3 is 32.3 Å². The lowest BCUT2D eigenvalue weighted by molar-refractivity contribution is -0.107. The van der Waals surface area contributed by atoms with E-state index in [1.54, 1.807) is 6.07 Å². The monoisotopic (exact) mass is 776 g/mol. The first kappa shape index (κ1) is 39.5. The van der Waals surface area contributed by atoms with E-state index in [2.05, 4.69) is 0 Å². The first-order valence-corrected chi connectivity index (χ1v) is 22.3. The van der Waals surface area contributed by atoms with Crippen LogP contribution in [0.25, 0.3) is 0 Å². The van der Waals surface area contributed by atoms with E-state index in [9.17, 15) is 26.4 Å². The molecule has 0 aliphatic rings. The molecule has 53 heavy (non-hydrogen) atoms. The van der Waals surface area contributed by atoms with E-state index in [0.717, 1.165) is 26.8 Å². The summed E-state index contributed by atoms with van der Waals surface area (Å²) in [6, 6.07) is 40.9. The first-order valence-electron chi connectivity index (χ1n) is 17.1. The Balaban J connectivity index is 1.89. The second-order valence-corrected chi connectivity index (χ2v) is 24.8. The van der Waals surface area contributed by atoms with Crippen LogP contribution in [0.4, 0.5) is 13.2 Å². The van der Waals surface area contributed by atoms with Crippen molar-refractivity contribution in [3.63, 3.8) is 0 Å². The van der Waals surface area contributed by atoms with Gasteiger partial charge < -0.3 is 17.8 Å². The molecule has 0 aromatic heterocycles. The maximum Gasteiger partial charge on any atom is 0.534 e. The minimum Gasteiger partial charge on any atom is -0.534 e. The predicted molar refractivity (Wildman–Crippen MR) is 208 cm³/mol. The summed E-state index contributed by atoms with van der Waals surface area (Å²) < 4.78 is 86.6. The van der Waals surface area contributed by atoms with Crippen LogP contribution in [0.5, 0.6) is 17.2 Å². The summed E-state index contributed by atoms with van der Waals surface area (Å²) in [5.74, 6) is -0.707. The number of benzene rings is 5. The molecule has 0 bridgehead atoms. The Bertz CT molecular complexity index is 2040. The molecule has 6 nitrogen and oxygen atoms in total. The van der Waals surface area contributed by atoms with Crippen molar-refractivity contribution >= 4 is 53.8 Å². The van der Waals surface area contributed by atoms with Gasteiger partial charge in [0.1, 0.15) is 17.8 Å². The summed E-state index contributed by atoms with van der Waals surface area (Å²) in [5.41, 5.74) is -5.91. The lowest BCUT2D eigenvalue weighted by Gasteiger charge is -2.44. The molecule has 0 fully saturated rings. The Morgan fingerprint density at radius 3 is 1.23 bits per heavy atom. The highest BCUT2D eigenvalue weighted by atomic mass is 32.2. The van der Waals surface area contributed by atoms with Gasteiger partial charge in [0.05, 0.1) is 0 Å². The molecule has 0 atom stereocenters. The van der Waals surface area contributed by atoms with E-state index < -0.39 is 54.5 Å². The molecular formula is C41H43F3O6SSi2. The summed E-state index contributed by atoms with van der Waals surface area (Å²) in [4.78, 5) is 12.3. The zero-order valence-corrected chi connectivity index (χ0v) is 33.3. The van der Waals surface area contributed by atoms with Gasteiger partial charge in [-0.15, -0.1) is 0 Å². The van der Waals surface area contributed by atoms with Crippen molar-refractivity contribution in [2.45, 2.75) is 63.5 Å². The zero-order chi connectivity index (χ0) is 38.7. The third-order valence-corrected chi connectivity index (χ3v) is 20.1. The number of hydrogen-bond acceptors (Lipinski definition) is 6. The highest BCUT2D eigenvalue weighted by Gasteiger charge is 2.55. The number of aldehydes is 1. The Morgan fingerprint density at radius 1 is 0.566 bits per heavy atom. The van der Waals surface area contributed by atoms with Gasteiger partial charge in [-0.3, -0.25) is 0 Å². The average Bonchev–Trinajstić information content (AvgIpc) is 3.10. The standard InChI is InChI=1S/C41H43F3O6SSi2/c1-39(2,3)52(32-19-11-7-12-20-32,33-21-13-8-14-22-33)49-31-29-37(48-51(46,47)41(42,43)44)36(27-28-45)38(30-31)50-53(40(4,5)6,34-23-15-9-16-24-34)35-25-17-10-18-26-35/h7-26,28-30H,27H2,1-6H3. The largest absolute Gasteiger partial charge is 0.534 e. The molecule has 0 amide bonds. The summed E-state index contributed by atoms with van der Waals surface area (Å²) >= 11 is 0.